The molecule has 1 unspecified atom stereocenters. The number of hydrogen-bond donors (Lipinski definition) is 0. The second kappa shape index (κ2) is 9.25. The zero-order chi connectivity index (χ0) is 13.2. The van der Waals surface area contributed by atoms with Gasteiger partial charge in [-0.2, -0.15) is 0 Å². The second-order valence-electron chi connectivity index (χ2n) is 4.31. The van der Waals surface area contributed by atoms with Gasteiger partial charge in [-0.25, -0.2) is 0 Å². The number of aryl methyl sites for hydroxylation is 1. The van der Waals surface area contributed by atoms with Crippen LogP contribution < -0.4 is 0 Å². The van der Waals surface area contributed by atoms with Crippen molar-refractivity contribution in [1.29, 1.82) is 0 Å². The van der Waals surface area contributed by atoms with Gasteiger partial charge in [0.05, 0.1) is 0 Å². The Morgan fingerprint density at radius 2 is 2.00 bits per heavy atom. The fourth-order valence-corrected chi connectivity index (χ4v) is 2.18. The van der Waals surface area contributed by atoms with Gasteiger partial charge in [-0.15, -0.1) is 0 Å². The van der Waals surface area contributed by atoms with Crippen molar-refractivity contribution in [2.75, 3.05) is 13.2 Å². The molecule has 3 nitrogen and oxygen atoms in total. The normalized spacial score (nSPS) is 12.6. The van der Waals surface area contributed by atoms with Crippen molar-refractivity contribution < 1.29 is 13.5 Å². The standard InChI is InChI=1S/C14H22O3S/c1-2-3-4-10-17-11-6-8-13-7-5-9-14(12-13)18(15)16/h5,7,9,12H,2-4,6,8,10-11H2,1H3,(H,15,16)/p-1. The number of rotatable bonds is 9. The maximum atomic E-state index is 10.8. The topological polar surface area (TPSA) is 49.4 Å². The third-order valence-corrected chi connectivity index (χ3v) is 3.38. The summed E-state index contributed by atoms with van der Waals surface area (Å²) in [5.74, 6) is 0. The third-order valence-electron chi connectivity index (χ3n) is 2.74. The van der Waals surface area contributed by atoms with Crippen LogP contribution in [-0.4, -0.2) is 22.0 Å². The Morgan fingerprint density at radius 1 is 1.22 bits per heavy atom. The lowest BCUT2D eigenvalue weighted by molar-refractivity contribution is 0.128. The van der Waals surface area contributed by atoms with Crippen LogP contribution in [0.25, 0.3) is 0 Å². The van der Waals surface area contributed by atoms with Crippen LogP contribution >= 0.6 is 0 Å². The quantitative estimate of drug-likeness (QED) is 0.511. The molecule has 0 aliphatic rings. The minimum absolute atomic E-state index is 0.358. The van der Waals surface area contributed by atoms with E-state index in [9.17, 15) is 8.76 Å². The number of hydrogen-bond acceptors (Lipinski definition) is 3. The zero-order valence-corrected chi connectivity index (χ0v) is 11.7. The molecule has 1 rings (SSSR count). The van der Waals surface area contributed by atoms with Crippen LogP contribution in [0.4, 0.5) is 0 Å². The lowest BCUT2D eigenvalue weighted by Crippen LogP contribution is -1.99. The maximum Gasteiger partial charge on any atom is 0.0469 e. The summed E-state index contributed by atoms with van der Waals surface area (Å²) in [6, 6.07) is 7.06. The van der Waals surface area contributed by atoms with Crippen LogP contribution in [0.15, 0.2) is 29.2 Å². The second-order valence-corrected chi connectivity index (χ2v) is 5.25. The first kappa shape index (κ1) is 15.3. The first-order valence-electron chi connectivity index (χ1n) is 6.50. The Hall–Kier alpha value is -0.710. The molecule has 1 aromatic rings. The van der Waals surface area contributed by atoms with Gasteiger partial charge in [0.2, 0.25) is 0 Å². The van der Waals surface area contributed by atoms with E-state index in [1.54, 1.807) is 18.2 Å². The molecule has 0 heterocycles. The lowest BCUT2D eigenvalue weighted by atomic mass is 10.1. The molecule has 0 amide bonds. The van der Waals surface area contributed by atoms with Crippen LogP contribution in [-0.2, 0) is 22.2 Å². The van der Waals surface area contributed by atoms with Crippen molar-refractivity contribution in [1.82, 2.24) is 0 Å². The van der Waals surface area contributed by atoms with Gasteiger partial charge in [-0.05, 0) is 48.0 Å². The average molecular weight is 269 g/mol. The van der Waals surface area contributed by atoms with E-state index in [1.807, 2.05) is 6.07 Å². The Bertz CT molecular complexity index is 366. The molecule has 1 atom stereocenters. The molecule has 0 aliphatic carbocycles. The van der Waals surface area contributed by atoms with Gasteiger partial charge >= 0.3 is 0 Å². The Balaban J connectivity index is 2.19. The fourth-order valence-electron chi connectivity index (χ4n) is 1.74. The molecule has 18 heavy (non-hydrogen) atoms. The van der Waals surface area contributed by atoms with E-state index in [4.69, 9.17) is 4.74 Å². The van der Waals surface area contributed by atoms with Gasteiger partial charge in [0.1, 0.15) is 0 Å². The van der Waals surface area contributed by atoms with Crippen molar-refractivity contribution in [2.24, 2.45) is 0 Å². The highest BCUT2D eigenvalue weighted by Gasteiger charge is 1.97. The summed E-state index contributed by atoms with van der Waals surface area (Å²) in [6.07, 6.45) is 5.35. The summed E-state index contributed by atoms with van der Waals surface area (Å²) in [5.41, 5.74) is 1.05. The predicted octanol–water partition coefficient (Wildman–Crippen LogP) is 3.06. The predicted molar refractivity (Wildman–Crippen MR) is 72.3 cm³/mol. The van der Waals surface area contributed by atoms with E-state index in [2.05, 4.69) is 6.92 Å². The molecule has 0 bridgehead atoms. The number of benzene rings is 1. The number of unbranched alkanes of at least 4 members (excludes halogenated alkanes) is 2. The van der Waals surface area contributed by atoms with Gasteiger partial charge in [0.15, 0.2) is 0 Å². The summed E-state index contributed by atoms with van der Waals surface area (Å²) >= 11 is -2.13. The SMILES string of the molecule is CCCCCOCCCc1cccc(S(=O)[O-])c1. The smallest absolute Gasteiger partial charge is 0.0469 e. The van der Waals surface area contributed by atoms with Gasteiger partial charge in [-0.3, -0.25) is 4.21 Å². The lowest BCUT2D eigenvalue weighted by Gasteiger charge is -2.08. The van der Waals surface area contributed by atoms with E-state index in [-0.39, 0.29) is 0 Å². The van der Waals surface area contributed by atoms with E-state index in [0.29, 0.717) is 4.90 Å². The van der Waals surface area contributed by atoms with E-state index in [0.717, 1.165) is 38.0 Å². The molecule has 0 spiro atoms. The van der Waals surface area contributed by atoms with Crippen LogP contribution in [0, 0.1) is 0 Å². The van der Waals surface area contributed by atoms with Crippen LogP contribution in [0.2, 0.25) is 0 Å². The van der Waals surface area contributed by atoms with Gasteiger partial charge < -0.3 is 9.29 Å². The Morgan fingerprint density at radius 3 is 2.72 bits per heavy atom. The van der Waals surface area contributed by atoms with Gasteiger partial charge in [0.25, 0.3) is 0 Å². The average Bonchev–Trinajstić information content (AvgIpc) is 2.38. The maximum absolute atomic E-state index is 10.8. The van der Waals surface area contributed by atoms with Crippen molar-refractivity contribution in [3.05, 3.63) is 29.8 Å². The zero-order valence-electron chi connectivity index (χ0n) is 10.9. The highest BCUT2D eigenvalue weighted by atomic mass is 32.2. The summed E-state index contributed by atoms with van der Waals surface area (Å²) in [7, 11) is 0. The molecule has 0 saturated heterocycles. The molecule has 0 fully saturated rings. The first-order chi connectivity index (χ1) is 8.74. The van der Waals surface area contributed by atoms with Crippen molar-refractivity contribution in [2.45, 2.75) is 43.9 Å². The first-order valence-corrected chi connectivity index (χ1v) is 7.57. The van der Waals surface area contributed by atoms with E-state index >= 15 is 0 Å². The highest BCUT2D eigenvalue weighted by Crippen LogP contribution is 2.10. The van der Waals surface area contributed by atoms with E-state index < -0.39 is 11.1 Å². The molecular formula is C14H21O3S-. The molecular weight excluding hydrogens is 248 g/mol. The third kappa shape index (κ3) is 6.28. The Kier molecular flexibility index (Phi) is 7.89. The largest absolute Gasteiger partial charge is 0.768 e. The summed E-state index contributed by atoms with van der Waals surface area (Å²) in [4.78, 5) is 0.358. The van der Waals surface area contributed by atoms with Gasteiger partial charge in [-0.1, -0.05) is 31.9 Å². The summed E-state index contributed by atoms with van der Waals surface area (Å²) in [6.45, 7) is 3.75. The molecule has 4 heteroatoms. The molecule has 102 valence electrons. The minimum atomic E-state index is -2.13. The van der Waals surface area contributed by atoms with Crippen molar-refractivity contribution >= 4 is 11.1 Å². The van der Waals surface area contributed by atoms with Crippen LogP contribution in [0.5, 0.6) is 0 Å². The minimum Gasteiger partial charge on any atom is -0.768 e. The summed E-state index contributed by atoms with van der Waals surface area (Å²) in [5, 5.41) is 0. The van der Waals surface area contributed by atoms with Crippen LogP contribution in [0.1, 0.15) is 38.2 Å². The molecule has 0 aromatic heterocycles. The van der Waals surface area contributed by atoms with E-state index in [1.165, 1.54) is 12.8 Å². The fraction of sp³-hybridized carbons (Fsp3) is 0.571. The summed E-state index contributed by atoms with van der Waals surface area (Å²) < 4.78 is 27.1. The molecule has 0 aliphatic heterocycles. The molecule has 0 radical (unpaired) electrons. The molecule has 0 N–H and O–H groups in total. The van der Waals surface area contributed by atoms with Crippen molar-refractivity contribution in [3.63, 3.8) is 0 Å². The van der Waals surface area contributed by atoms with Gasteiger partial charge in [0, 0.05) is 18.1 Å². The Labute approximate surface area is 112 Å². The van der Waals surface area contributed by atoms with Crippen molar-refractivity contribution in [3.8, 4) is 0 Å². The number of ether oxygens (including phenoxy) is 1. The molecule has 0 saturated carbocycles. The molecule has 1 aromatic carbocycles. The van der Waals surface area contributed by atoms with Crippen LogP contribution in [0.3, 0.4) is 0 Å². The highest BCUT2D eigenvalue weighted by molar-refractivity contribution is 7.79. The monoisotopic (exact) mass is 269 g/mol.